The van der Waals surface area contributed by atoms with Crippen LogP contribution in [-0.2, 0) is 19.1 Å². The molecule has 0 spiro atoms. The van der Waals surface area contributed by atoms with Crippen LogP contribution >= 0.6 is 0 Å². The van der Waals surface area contributed by atoms with Gasteiger partial charge in [0.05, 0.1) is 6.54 Å². The molecule has 0 saturated heterocycles. The minimum Gasteiger partial charge on any atom is -0.479 e. The molecule has 1 unspecified atom stereocenters. The van der Waals surface area contributed by atoms with Gasteiger partial charge in [-0.05, 0) is 41.5 Å². The van der Waals surface area contributed by atoms with Gasteiger partial charge in [-0.2, -0.15) is 0 Å². The highest BCUT2D eigenvalue weighted by molar-refractivity contribution is 5.81. The van der Waals surface area contributed by atoms with Crippen LogP contribution in [-0.4, -0.2) is 55.5 Å². The summed E-state index contributed by atoms with van der Waals surface area (Å²) in [6.07, 6.45) is 1.17. The standard InChI is InChI=1S/C26H30N2O6/c1-33-23(25(30)31)14-27-24(29)16-7-6-8-17(13-16)28-26(32)34-15-22-20-11-4-2-9-18(20)19-10-3-5-12-21(19)22/h2-5,9-12,16-17,22-23H,6-8,13-15H2,1H3,(H,27,29)(H,28,32)(H,30,31)/t16-,17+,23?/m0/s1. The fraction of sp³-hybridized carbons (Fsp3) is 0.423. The molecule has 34 heavy (non-hydrogen) atoms. The Morgan fingerprint density at radius 1 is 1.03 bits per heavy atom. The molecule has 4 rings (SSSR count). The molecule has 2 aromatic rings. The van der Waals surface area contributed by atoms with Crippen molar-refractivity contribution < 1.29 is 29.0 Å². The van der Waals surface area contributed by atoms with E-state index < -0.39 is 18.2 Å². The van der Waals surface area contributed by atoms with Crippen LogP contribution in [0, 0.1) is 5.92 Å². The third-order valence-electron chi connectivity index (χ3n) is 6.73. The van der Waals surface area contributed by atoms with Crippen molar-refractivity contribution in [3.05, 3.63) is 59.7 Å². The number of carboxylic acids is 1. The molecule has 1 fully saturated rings. The highest BCUT2D eigenvalue weighted by Crippen LogP contribution is 2.44. The molecular weight excluding hydrogens is 436 g/mol. The van der Waals surface area contributed by atoms with Crippen LogP contribution in [0.25, 0.3) is 11.1 Å². The molecule has 2 amide bonds. The number of carboxylic acid groups (broad SMARTS) is 1. The van der Waals surface area contributed by atoms with Crippen LogP contribution in [0.3, 0.4) is 0 Å². The van der Waals surface area contributed by atoms with Crippen molar-refractivity contribution in [2.45, 2.75) is 43.7 Å². The fourth-order valence-corrected chi connectivity index (χ4v) is 4.97. The number of amides is 2. The van der Waals surface area contributed by atoms with Crippen LogP contribution in [0.5, 0.6) is 0 Å². The fourth-order valence-electron chi connectivity index (χ4n) is 4.97. The summed E-state index contributed by atoms with van der Waals surface area (Å²) >= 11 is 0. The molecule has 2 aliphatic carbocycles. The van der Waals surface area contributed by atoms with Crippen LogP contribution in [0.4, 0.5) is 4.79 Å². The van der Waals surface area contributed by atoms with E-state index in [4.69, 9.17) is 14.6 Å². The lowest BCUT2D eigenvalue weighted by molar-refractivity contribution is -0.148. The third kappa shape index (κ3) is 5.22. The average molecular weight is 467 g/mol. The zero-order valence-electron chi connectivity index (χ0n) is 19.2. The van der Waals surface area contributed by atoms with Crippen molar-refractivity contribution in [3.63, 3.8) is 0 Å². The molecule has 180 valence electrons. The summed E-state index contributed by atoms with van der Waals surface area (Å²) in [6.45, 7) is 0.149. The molecule has 3 atom stereocenters. The molecule has 0 bridgehead atoms. The Balaban J connectivity index is 1.29. The first-order valence-corrected chi connectivity index (χ1v) is 11.6. The van der Waals surface area contributed by atoms with E-state index in [1.54, 1.807) is 0 Å². The van der Waals surface area contributed by atoms with E-state index in [2.05, 4.69) is 34.9 Å². The molecule has 3 N–H and O–H groups in total. The van der Waals surface area contributed by atoms with E-state index in [9.17, 15) is 14.4 Å². The van der Waals surface area contributed by atoms with Gasteiger partial charge in [0, 0.05) is 25.0 Å². The number of hydrogen-bond donors (Lipinski definition) is 3. The molecule has 2 aliphatic rings. The zero-order chi connectivity index (χ0) is 24.1. The van der Waals surface area contributed by atoms with E-state index in [0.29, 0.717) is 12.8 Å². The highest BCUT2D eigenvalue weighted by atomic mass is 16.5. The summed E-state index contributed by atoms with van der Waals surface area (Å²) in [5, 5.41) is 14.6. The Kier molecular flexibility index (Phi) is 7.47. The second-order valence-corrected chi connectivity index (χ2v) is 8.84. The number of nitrogens with one attached hydrogen (secondary N) is 2. The highest BCUT2D eigenvalue weighted by Gasteiger charge is 2.31. The predicted molar refractivity (Wildman–Crippen MR) is 125 cm³/mol. The van der Waals surface area contributed by atoms with E-state index in [1.165, 1.54) is 18.2 Å². The summed E-state index contributed by atoms with van der Waals surface area (Å²) in [4.78, 5) is 36.1. The first kappa shape index (κ1) is 23.8. The number of carbonyl (C=O) groups excluding carboxylic acids is 2. The molecule has 2 aromatic carbocycles. The van der Waals surface area contributed by atoms with Crippen LogP contribution in [0.15, 0.2) is 48.5 Å². The number of aliphatic carboxylic acids is 1. The number of ether oxygens (including phenoxy) is 2. The van der Waals surface area contributed by atoms with E-state index in [0.717, 1.165) is 24.0 Å². The zero-order valence-corrected chi connectivity index (χ0v) is 19.2. The van der Waals surface area contributed by atoms with Crippen LogP contribution < -0.4 is 10.6 Å². The Bertz CT molecular complexity index is 1010. The van der Waals surface area contributed by atoms with Crippen LogP contribution in [0.2, 0.25) is 0 Å². The van der Waals surface area contributed by atoms with Crippen molar-refractivity contribution >= 4 is 18.0 Å². The smallest absolute Gasteiger partial charge is 0.407 e. The SMILES string of the molecule is COC(CNC(=O)[C@H]1CCC[C@@H](NC(=O)OCC2c3ccccc3-c3ccccc32)C1)C(=O)O. The average Bonchev–Trinajstić information content (AvgIpc) is 3.16. The predicted octanol–water partition coefficient (Wildman–Crippen LogP) is 3.30. The lowest BCUT2D eigenvalue weighted by atomic mass is 9.85. The summed E-state index contributed by atoms with van der Waals surface area (Å²) in [5.74, 6) is -1.64. The molecule has 0 radical (unpaired) electrons. The van der Waals surface area contributed by atoms with Gasteiger partial charge in [0.25, 0.3) is 0 Å². The molecule has 8 heteroatoms. The first-order valence-electron chi connectivity index (χ1n) is 11.6. The maximum Gasteiger partial charge on any atom is 0.407 e. The largest absolute Gasteiger partial charge is 0.479 e. The van der Waals surface area contributed by atoms with Gasteiger partial charge in [-0.1, -0.05) is 55.0 Å². The summed E-state index contributed by atoms with van der Waals surface area (Å²) in [6, 6.07) is 16.2. The van der Waals surface area contributed by atoms with Gasteiger partial charge >= 0.3 is 12.1 Å². The molecule has 0 aromatic heterocycles. The number of alkyl carbamates (subject to hydrolysis) is 1. The Hall–Kier alpha value is -3.39. The third-order valence-corrected chi connectivity index (χ3v) is 6.73. The second kappa shape index (κ2) is 10.7. The minimum atomic E-state index is -1.12. The van der Waals surface area contributed by atoms with Crippen LogP contribution in [0.1, 0.15) is 42.7 Å². The lowest BCUT2D eigenvalue weighted by Gasteiger charge is -2.29. The summed E-state index contributed by atoms with van der Waals surface area (Å²) in [7, 11) is 1.29. The number of fused-ring (bicyclic) bond motifs is 3. The van der Waals surface area contributed by atoms with Crippen molar-refractivity contribution in [2.24, 2.45) is 5.92 Å². The lowest BCUT2D eigenvalue weighted by Crippen LogP contribution is -2.45. The number of methoxy groups -OCH3 is 1. The summed E-state index contributed by atoms with van der Waals surface area (Å²) < 4.78 is 10.5. The number of hydrogen-bond acceptors (Lipinski definition) is 5. The molecule has 0 aliphatic heterocycles. The number of rotatable bonds is 8. The van der Waals surface area contributed by atoms with Gasteiger partial charge in [0.1, 0.15) is 6.61 Å². The van der Waals surface area contributed by atoms with Gasteiger partial charge in [-0.3, -0.25) is 4.79 Å². The quantitative estimate of drug-likeness (QED) is 0.550. The van der Waals surface area contributed by atoms with Gasteiger partial charge < -0.3 is 25.2 Å². The monoisotopic (exact) mass is 466 g/mol. The van der Waals surface area contributed by atoms with Gasteiger partial charge in [-0.15, -0.1) is 0 Å². The molecular formula is C26H30N2O6. The van der Waals surface area contributed by atoms with Gasteiger partial charge in [0.2, 0.25) is 5.91 Å². The maximum absolute atomic E-state index is 12.6. The number of carbonyl (C=O) groups is 3. The molecule has 8 nitrogen and oxygen atoms in total. The molecule has 1 saturated carbocycles. The number of benzene rings is 2. The Morgan fingerprint density at radius 2 is 1.68 bits per heavy atom. The Morgan fingerprint density at radius 3 is 2.29 bits per heavy atom. The second-order valence-electron chi connectivity index (χ2n) is 8.84. The van der Waals surface area contributed by atoms with Gasteiger partial charge in [0.15, 0.2) is 6.10 Å². The normalized spacial score (nSPS) is 20.0. The van der Waals surface area contributed by atoms with E-state index in [1.807, 2.05) is 24.3 Å². The minimum absolute atomic E-state index is 0.00834. The Labute approximate surface area is 198 Å². The first-order chi connectivity index (χ1) is 16.5. The maximum atomic E-state index is 12.6. The molecule has 0 heterocycles. The van der Waals surface area contributed by atoms with Crippen molar-refractivity contribution in [1.82, 2.24) is 10.6 Å². The van der Waals surface area contributed by atoms with Crippen molar-refractivity contribution in [1.29, 1.82) is 0 Å². The van der Waals surface area contributed by atoms with E-state index >= 15 is 0 Å². The van der Waals surface area contributed by atoms with Crippen molar-refractivity contribution in [3.8, 4) is 11.1 Å². The van der Waals surface area contributed by atoms with Gasteiger partial charge in [-0.25, -0.2) is 9.59 Å². The van der Waals surface area contributed by atoms with E-state index in [-0.39, 0.29) is 36.9 Å². The topological polar surface area (TPSA) is 114 Å². The van der Waals surface area contributed by atoms with Crippen molar-refractivity contribution in [2.75, 3.05) is 20.3 Å². The summed E-state index contributed by atoms with van der Waals surface area (Å²) in [5.41, 5.74) is 4.65.